The third-order valence-corrected chi connectivity index (χ3v) is 7.48. The third kappa shape index (κ3) is 4.37. The van der Waals surface area contributed by atoms with Crippen LogP contribution in [-0.2, 0) is 16.6 Å². The zero-order valence-corrected chi connectivity index (χ0v) is 19.9. The molecule has 3 heterocycles. The average Bonchev–Trinajstić information content (AvgIpc) is 3.22. The molecule has 0 saturated carbocycles. The highest BCUT2D eigenvalue weighted by atomic mass is 32.2. The van der Waals surface area contributed by atoms with Crippen LogP contribution in [0.25, 0.3) is 5.69 Å². The van der Waals surface area contributed by atoms with Crippen LogP contribution in [0.15, 0.2) is 24.3 Å². The van der Waals surface area contributed by atoms with Gasteiger partial charge in [-0.1, -0.05) is 29.8 Å². The van der Waals surface area contributed by atoms with Crippen molar-refractivity contribution in [2.75, 3.05) is 19.3 Å². The molecule has 2 aromatic heterocycles. The molecule has 1 atom stereocenters. The summed E-state index contributed by atoms with van der Waals surface area (Å²) < 4.78 is 30.1. The van der Waals surface area contributed by atoms with Gasteiger partial charge in [0.25, 0.3) is 0 Å². The molecule has 0 amide bonds. The molecule has 3 aromatic rings. The number of aromatic amines is 1. The Balaban J connectivity index is 1.71. The highest BCUT2D eigenvalue weighted by Crippen LogP contribution is 2.30. The molecule has 1 aliphatic rings. The molecule has 166 valence electrons. The number of rotatable bonds is 5. The van der Waals surface area contributed by atoms with Crippen molar-refractivity contribution in [2.24, 2.45) is 0 Å². The number of aryl methyl sites for hydroxylation is 2. The van der Waals surface area contributed by atoms with Gasteiger partial charge in [-0.15, -0.1) is 0 Å². The van der Waals surface area contributed by atoms with E-state index in [9.17, 15) is 8.42 Å². The van der Waals surface area contributed by atoms with Crippen molar-refractivity contribution in [3.63, 3.8) is 0 Å². The first kappa shape index (κ1) is 21.9. The molecule has 1 aromatic carbocycles. The van der Waals surface area contributed by atoms with Crippen LogP contribution >= 0.6 is 12.2 Å². The first-order valence-corrected chi connectivity index (χ1v) is 12.6. The molecule has 31 heavy (non-hydrogen) atoms. The number of piperidine rings is 1. The second kappa shape index (κ2) is 8.33. The Bertz CT molecular complexity index is 1250. The van der Waals surface area contributed by atoms with Gasteiger partial charge in [-0.2, -0.15) is 10.2 Å². The molecule has 0 bridgehead atoms. The molecule has 0 aliphatic carbocycles. The summed E-state index contributed by atoms with van der Waals surface area (Å²) >= 11 is 5.58. The summed E-state index contributed by atoms with van der Waals surface area (Å²) in [5.41, 5.74) is 5.17. The lowest BCUT2D eigenvalue weighted by Crippen LogP contribution is -2.39. The summed E-state index contributed by atoms with van der Waals surface area (Å²) in [7, 11) is -3.24. The van der Waals surface area contributed by atoms with Gasteiger partial charge in [0.1, 0.15) is 5.82 Å². The summed E-state index contributed by atoms with van der Waals surface area (Å²) in [6.07, 6.45) is 2.92. The Kier molecular flexibility index (Phi) is 5.89. The number of benzene rings is 1. The number of nitrogens with one attached hydrogen (secondary N) is 1. The van der Waals surface area contributed by atoms with Gasteiger partial charge in [0.15, 0.2) is 4.77 Å². The van der Waals surface area contributed by atoms with Gasteiger partial charge in [0.2, 0.25) is 10.0 Å². The molecular weight excluding hydrogens is 432 g/mol. The van der Waals surface area contributed by atoms with E-state index in [0.29, 0.717) is 24.4 Å². The number of H-pyrrole nitrogens is 1. The monoisotopic (exact) mass is 460 g/mol. The highest BCUT2D eigenvalue weighted by Gasteiger charge is 2.31. The average molecular weight is 461 g/mol. The quantitative estimate of drug-likeness (QED) is 0.591. The van der Waals surface area contributed by atoms with Crippen molar-refractivity contribution >= 4 is 22.2 Å². The molecule has 1 N–H and O–H groups in total. The van der Waals surface area contributed by atoms with E-state index in [1.165, 1.54) is 21.7 Å². The minimum Gasteiger partial charge on any atom is -0.268 e. The lowest BCUT2D eigenvalue weighted by molar-refractivity contribution is 0.309. The maximum atomic E-state index is 12.1. The van der Waals surface area contributed by atoms with Crippen LogP contribution in [0.4, 0.5) is 0 Å². The number of aromatic nitrogens is 5. The van der Waals surface area contributed by atoms with E-state index in [2.05, 4.69) is 41.4 Å². The van der Waals surface area contributed by atoms with E-state index in [1.807, 2.05) is 23.1 Å². The SMILES string of the molecule is Cc1ccc(Cn2nc(C)c(-n3c([C@@H]4CCCN(S(C)(=O)=O)C4)n[nH]c3=S)c2C)cc1. The maximum Gasteiger partial charge on any atom is 0.211 e. The number of nitrogens with zero attached hydrogens (tertiary/aromatic N) is 5. The van der Waals surface area contributed by atoms with E-state index >= 15 is 0 Å². The van der Waals surface area contributed by atoms with E-state index in [4.69, 9.17) is 17.3 Å². The topological polar surface area (TPSA) is 88.8 Å². The fraction of sp³-hybridized carbons (Fsp3) is 0.476. The lowest BCUT2D eigenvalue weighted by atomic mass is 9.98. The summed E-state index contributed by atoms with van der Waals surface area (Å²) in [4.78, 5) is 0. The van der Waals surface area contributed by atoms with Crippen molar-refractivity contribution < 1.29 is 8.42 Å². The molecule has 1 saturated heterocycles. The van der Waals surface area contributed by atoms with Gasteiger partial charge in [0, 0.05) is 19.0 Å². The Labute approximate surface area is 188 Å². The van der Waals surface area contributed by atoms with Crippen LogP contribution in [-0.4, -0.2) is 56.6 Å². The zero-order valence-electron chi connectivity index (χ0n) is 18.3. The second-order valence-electron chi connectivity index (χ2n) is 8.35. The lowest BCUT2D eigenvalue weighted by Gasteiger charge is -2.30. The maximum absolute atomic E-state index is 12.1. The van der Waals surface area contributed by atoms with E-state index in [0.717, 1.165) is 35.7 Å². The first-order chi connectivity index (χ1) is 14.6. The Morgan fingerprint density at radius 1 is 1.19 bits per heavy atom. The van der Waals surface area contributed by atoms with Crippen LogP contribution in [0.1, 0.15) is 47.1 Å². The molecule has 0 radical (unpaired) electrons. The minimum atomic E-state index is -3.24. The first-order valence-electron chi connectivity index (χ1n) is 10.4. The second-order valence-corrected chi connectivity index (χ2v) is 10.7. The van der Waals surface area contributed by atoms with Crippen LogP contribution in [0, 0.1) is 25.5 Å². The summed E-state index contributed by atoms with van der Waals surface area (Å²) in [5, 5.41) is 12.2. The Morgan fingerprint density at radius 3 is 2.58 bits per heavy atom. The number of hydrogen-bond donors (Lipinski definition) is 1. The van der Waals surface area contributed by atoms with Gasteiger partial charge in [-0.3, -0.25) is 14.3 Å². The largest absolute Gasteiger partial charge is 0.268 e. The van der Waals surface area contributed by atoms with E-state index < -0.39 is 10.0 Å². The zero-order chi connectivity index (χ0) is 22.3. The van der Waals surface area contributed by atoms with Gasteiger partial charge >= 0.3 is 0 Å². The highest BCUT2D eigenvalue weighted by molar-refractivity contribution is 7.88. The van der Waals surface area contributed by atoms with Crippen molar-refractivity contribution in [1.82, 2.24) is 28.9 Å². The Morgan fingerprint density at radius 2 is 1.90 bits per heavy atom. The predicted molar refractivity (Wildman–Crippen MR) is 123 cm³/mol. The predicted octanol–water partition coefficient (Wildman–Crippen LogP) is 3.24. The smallest absolute Gasteiger partial charge is 0.211 e. The molecule has 4 rings (SSSR count). The van der Waals surface area contributed by atoms with Crippen LogP contribution in [0.2, 0.25) is 0 Å². The summed E-state index contributed by atoms with van der Waals surface area (Å²) in [6, 6.07) is 8.43. The van der Waals surface area contributed by atoms with Crippen LogP contribution in [0.5, 0.6) is 0 Å². The normalized spacial score (nSPS) is 17.9. The van der Waals surface area contributed by atoms with Gasteiger partial charge in [-0.25, -0.2) is 12.7 Å². The molecule has 0 spiro atoms. The van der Waals surface area contributed by atoms with Crippen molar-refractivity contribution in [1.29, 1.82) is 0 Å². The molecule has 10 heteroatoms. The van der Waals surface area contributed by atoms with Gasteiger partial charge in [0.05, 0.1) is 29.9 Å². The van der Waals surface area contributed by atoms with Gasteiger partial charge in [-0.05, 0) is 51.4 Å². The number of sulfonamides is 1. The van der Waals surface area contributed by atoms with Crippen LogP contribution < -0.4 is 0 Å². The Hall–Kier alpha value is -2.30. The third-order valence-electron chi connectivity index (χ3n) is 5.94. The fourth-order valence-electron chi connectivity index (χ4n) is 4.28. The van der Waals surface area contributed by atoms with Crippen molar-refractivity contribution in [2.45, 2.75) is 46.1 Å². The summed E-state index contributed by atoms with van der Waals surface area (Å²) in [6.45, 7) is 7.70. The molecule has 8 nitrogen and oxygen atoms in total. The minimum absolute atomic E-state index is 0.0318. The molecule has 0 unspecified atom stereocenters. The fourth-order valence-corrected chi connectivity index (χ4v) is 5.43. The standard InChI is InChI=1S/C21H28N6O2S2/c1-14-7-9-17(10-8-14)12-26-16(3)19(15(2)24-26)27-20(22-23-21(27)30)18-6-5-11-25(13-18)31(4,28)29/h7-10,18H,5-6,11-13H2,1-4H3,(H,23,30)/t18-/m1/s1. The molecular formula is C21H28N6O2S2. The van der Waals surface area contributed by atoms with E-state index in [1.54, 1.807) is 0 Å². The van der Waals surface area contributed by atoms with Crippen LogP contribution in [0.3, 0.4) is 0 Å². The van der Waals surface area contributed by atoms with Crippen molar-refractivity contribution in [3.05, 3.63) is 57.4 Å². The molecule has 1 fully saturated rings. The molecule has 1 aliphatic heterocycles. The van der Waals surface area contributed by atoms with E-state index in [-0.39, 0.29) is 5.92 Å². The van der Waals surface area contributed by atoms with Gasteiger partial charge < -0.3 is 0 Å². The van der Waals surface area contributed by atoms with Crippen molar-refractivity contribution in [3.8, 4) is 5.69 Å². The summed E-state index contributed by atoms with van der Waals surface area (Å²) in [5.74, 6) is 0.732. The number of hydrogen-bond acceptors (Lipinski definition) is 5.